The van der Waals surface area contributed by atoms with Crippen LogP contribution in [0.25, 0.3) is 11.0 Å². The summed E-state index contributed by atoms with van der Waals surface area (Å²) in [4.78, 5) is 15.7. The Bertz CT molecular complexity index is 1000. The van der Waals surface area contributed by atoms with E-state index in [1.54, 1.807) is 0 Å². The van der Waals surface area contributed by atoms with Crippen LogP contribution in [0.1, 0.15) is 25.3 Å². The Morgan fingerprint density at radius 2 is 1.90 bits per heavy atom. The molecule has 158 valence electrons. The highest BCUT2D eigenvalue weighted by atomic mass is 16.6. The molecule has 9 heteroatoms. The first-order chi connectivity index (χ1) is 14.7. The minimum absolute atomic E-state index is 0.0629. The van der Waals surface area contributed by atoms with Gasteiger partial charge >= 0.3 is 5.69 Å². The number of morpholine rings is 1. The summed E-state index contributed by atoms with van der Waals surface area (Å²) in [5.74, 6) is 0. The number of anilines is 2. The monoisotopic (exact) mass is 411 g/mol. The van der Waals surface area contributed by atoms with E-state index in [0.29, 0.717) is 44.1 Å². The van der Waals surface area contributed by atoms with E-state index in [2.05, 4.69) is 34.3 Å². The van der Waals surface area contributed by atoms with Gasteiger partial charge < -0.3 is 14.5 Å². The third kappa shape index (κ3) is 4.06. The lowest BCUT2D eigenvalue weighted by Crippen LogP contribution is -2.36. The standard InChI is InChI=1S/C21H25N5O4/c1-2-3-9-25(15-16-7-5-4-6-8-16)17-14-18(24-10-12-29-13-11-24)21(26(27)28)20-19(17)22-30-23-20/h4-8,14H,2-3,9-13,15H2,1H3. The van der Waals surface area contributed by atoms with Crippen molar-refractivity contribution >= 4 is 28.1 Å². The minimum atomic E-state index is -0.394. The van der Waals surface area contributed by atoms with E-state index in [0.717, 1.165) is 30.6 Å². The van der Waals surface area contributed by atoms with Crippen molar-refractivity contribution in [2.45, 2.75) is 26.3 Å². The van der Waals surface area contributed by atoms with E-state index in [1.165, 1.54) is 0 Å². The van der Waals surface area contributed by atoms with E-state index in [1.807, 2.05) is 29.2 Å². The highest BCUT2D eigenvalue weighted by molar-refractivity contribution is 6.00. The summed E-state index contributed by atoms with van der Waals surface area (Å²) >= 11 is 0. The van der Waals surface area contributed by atoms with Crippen molar-refractivity contribution in [2.75, 3.05) is 42.6 Å². The van der Waals surface area contributed by atoms with Gasteiger partial charge in [0.1, 0.15) is 5.69 Å². The average Bonchev–Trinajstić information content (AvgIpc) is 3.26. The zero-order chi connectivity index (χ0) is 20.9. The number of nitro benzene ring substituents is 1. The topological polar surface area (TPSA) is 97.8 Å². The molecule has 0 atom stereocenters. The van der Waals surface area contributed by atoms with Crippen LogP contribution in [0.5, 0.6) is 0 Å². The van der Waals surface area contributed by atoms with Gasteiger partial charge in [-0.05, 0) is 28.4 Å². The van der Waals surface area contributed by atoms with Crippen LogP contribution < -0.4 is 9.80 Å². The molecule has 0 radical (unpaired) electrons. The first kappa shape index (κ1) is 20.1. The molecule has 2 heterocycles. The van der Waals surface area contributed by atoms with Crippen molar-refractivity contribution in [3.05, 3.63) is 52.1 Å². The fourth-order valence-corrected chi connectivity index (χ4v) is 3.80. The van der Waals surface area contributed by atoms with Crippen LogP contribution in [0, 0.1) is 10.1 Å². The van der Waals surface area contributed by atoms with Crippen molar-refractivity contribution in [2.24, 2.45) is 0 Å². The SMILES string of the molecule is CCCCN(Cc1ccccc1)c1cc(N2CCOCC2)c([N+](=O)[O-])c2nonc12. The molecule has 1 fully saturated rings. The summed E-state index contributed by atoms with van der Waals surface area (Å²) < 4.78 is 10.4. The van der Waals surface area contributed by atoms with Crippen LogP contribution in [0.4, 0.5) is 17.1 Å². The summed E-state index contributed by atoms with van der Waals surface area (Å²) in [5, 5.41) is 19.9. The van der Waals surface area contributed by atoms with E-state index in [-0.39, 0.29) is 11.2 Å². The zero-order valence-corrected chi connectivity index (χ0v) is 17.0. The molecule has 1 aromatic heterocycles. The molecule has 0 bridgehead atoms. The van der Waals surface area contributed by atoms with Gasteiger partial charge in [0, 0.05) is 26.2 Å². The van der Waals surface area contributed by atoms with Crippen molar-refractivity contribution in [1.29, 1.82) is 0 Å². The van der Waals surface area contributed by atoms with Gasteiger partial charge in [-0.1, -0.05) is 43.7 Å². The second-order valence-electron chi connectivity index (χ2n) is 7.34. The molecule has 0 aliphatic carbocycles. The number of rotatable bonds is 8. The van der Waals surface area contributed by atoms with Gasteiger partial charge in [0.25, 0.3) is 0 Å². The predicted molar refractivity (Wildman–Crippen MR) is 114 cm³/mol. The Kier molecular flexibility index (Phi) is 6.08. The molecule has 30 heavy (non-hydrogen) atoms. The van der Waals surface area contributed by atoms with Crippen molar-refractivity contribution < 1.29 is 14.3 Å². The largest absolute Gasteiger partial charge is 0.378 e. The fraction of sp³-hybridized carbons (Fsp3) is 0.429. The molecule has 0 unspecified atom stereocenters. The number of hydrogen-bond acceptors (Lipinski definition) is 8. The number of nitrogens with zero attached hydrogens (tertiary/aromatic N) is 5. The number of nitro groups is 1. The van der Waals surface area contributed by atoms with E-state index in [9.17, 15) is 10.1 Å². The maximum absolute atomic E-state index is 11.9. The van der Waals surface area contributed by atoms with Gasteiger partial charge in [-0.3, -0.25) is 10.1 Å². The Balaban J connectivity index is 1.83. The molecule has 9 nitrogen and oxygen atoms in total. The summed E-state index contributed by atoms with van der Waals surface area (Å²) in [6.07, 6.45) is 2.03. The fourth-order valence-electron chi connectivity index (χ4n) is 3.80. The number of fused-ring (bicyclic) bond motifs is 1. The Labute approximate surface area is 174 Å². The zero-order valence-electron chi connectivity index (χ0n) is 17.0. The van der Waals surface area contributed by atoms with Crippen LogP contribution in [0.2, 0.25) is 0 Å². The second kappa shape index (κ2) is 9.08. The number of aromatic nitrogens is 2. The smallest absolute Gasteiger partial charge is 0.323 e. The van der Waals surface area contributed by atoms with Crippen molar-refractivity contribution in [3.8, 4) is 0 Å². The quantitative estimate of drug-likeness (QED) is 0.408. The van der Waals surface area contributed by atoms with Crippen LogP contribution in [-0.4, -0.2) is 48.1 Å². The molecule has 0 amide bonds. The summed E-state index contributed by atoms with van der Waals surface area (Å²) in [5.41, 5.74) is 3.04. The molecule has 0 spiro atoms. The number of ether oxygens (including phenoxy) is 1. The predicted octanol–water partition coefficient (Wildman–Crippen LogP) is 3.77. The van der Waals surface area contributed by atoms with Gasteiger partial charge in [0.05, 0.1) is 23.8 Å². The molecule has 4 rings (SSSR count). The Hall–Kier alpha value is -3.20. The lowest BCUT2D eigenvalue weighted by Gasteiger charge is -2.30. The lowest BCUT2D eigenvalue weighted by atomic mass is 10.1. The summed E-state index contributed by atoms with van der Waals surface area (Å²) in [7, 11) is 0. The van der Waals surface area contributed by atoms with Crippen LogP contribution >= 0.6 is 0 Å². The summed E-state index contributed by atoms with van der Waals surface area (Å²) in [6, 6.07) is 12.0. The number of unbranched alkanes of at least 4 members (excludes halogenated alkanes) is 1. The maximum Gasteiger partial charge on any atom is 0.323 e. The molecular formula is C21H25N5O4. The third-order valence-corrected chi connectivity index (χ3v) is 5.34. The Morgan fingerprint density at radius 3 is 2.60 bits per heavy atom. The molecule has 0 saturated carbocycles. The van der Waals surface area contributed by atoms with Crippen molar-refractivity contribution in [3.63, 3.8) is 0 Å². The van der Waals surface area contributed by atoms with Crippen molar-refractivity contribution in [1.82, 2.24) is 10.3 Å². The normalized spacial score (nSPS) is 14.2. The number of hydrogen-bond donors (Lipinski definition) is 0. The number of benzene rings is 2. The van der Waals surface area contributed by atoms with Gasteiger partial charge in [-0.2, -0.15) is 0 Å². The molecule has 0 N–H and O–H groups in total. The minimum Gasteiger partial charge on any atom is -0.378 e. The highest BCUT2D eigenvalue weighted by Crippen LogP contribution is 2.41. The average molecular weight is 411 g/mol. The van der Waals surface area contributed by atoms with Crippen LogP contribution in [0.3, 0.4) is 0 Å². The van der Waals surface area contributed by atoms with Gasteiger partial charge in [-0.15, -0.1) is 0 Å². The molecule has 1 saturated heterocycles. The molecule has 2 aromatic carbocycles. The first-order valence-corrected chi connectivity index (χ1v) is 10.2. The maximum atomic E-state index is 11.9. The van der Waals surface area contributed by atoms with Gasteiger partial charge in [0.15, 0.2) is 5.52 Å². The van der Waals surface area contributed by atoms with Gasteiger partial charge in [-0.25, -0.2) is 4.63 Å². The van der Waals surface area contributed by atoms with E-state index in [4.69, 9.17) is 9.37 Å². The van der Waals surface area contributed by atoms with Gasteiger partial charge in [0.2, 0.25) is 5.52 Å². The van der Waals surface area contributed by atoms with E-state index >= 15 is 0 Å². The highest BCUT2D eigenvalue weighted by Gasteiger charge is 2.31. The van der Waals surface area contributed by atoms with Crippen LogP contribution in [-0.2, 0) is 11.3 Å². The second-order valence-corrected chi connectivity index (χ2v) is 7.34. The molecule has 3 aromatic rings. The first-order valence-electron chi connectivity index (χ1n) is 10.2. The molecule has 1 aliphatic heterocycles. The molecule has 1 aliphatic rings. The van der Waals surface area contributed by atoms with E-state index < -0.39 is 4.92 Å². The van der Waals surface area contributed by atoms with Crippen LogP contribution in [0.15, 0.2) is 41.0 Å². The Morgan fingerprint density at radius 1 is 1.17 bits per heavy atom. The molecular weight excluding hydrogens is 386 g/mol. The third-order valence-electron chi connectivity index (χ3n) is 5.34. The lowest BCUT2D eigenvalue weighted by molar-refractivity contribution is -0.382. The summed E-state index contributed by atoms with van der Waals surface area (Å²) in [6.45, 7) is 5.85.